The van der Waals surface area contributed by atoms with Gasteiger partial charge in [0, 0.05) is 10.9 Å². The maximum atomic E-state index is 11.7. The number of phenols is 2. The number of hydrogen-bond acceptors (Lipinski definition) is 6. The van der Waals surface area contributed by atoms with Crippen LogP contribution in [0, 0.1) is 0 Å². The molecule has 2 aromatic rings. The highest BCUT2D eigenvalue weighted by molar-refractivity contribution is 7.09. The fourth-order valence-electron chi connectivity index (χ4n) is 1.55. The number of thiophene rings is 1. The molecular formula is C14H13NO5S. The van der Waals surface area contributed by atoms with Crippen LogP contribution in [-0.2, 0) is 16.1 Å². The molecule has 0 spiro atoms. The van der Waals surface area contributed by atoms with Gasteiger partial charge in [0.2, 0.25) is 0 Å². The zero-order valence-corrected chi connectivity index (χ0v) is 11.7. The van der Waals surface area contributed by atoms with E-state index >= 15 is 0 Å². The van der Waals surface area contributed by atoms with Gasteiger partial charge in [0.05, 0.1) is 6.54 Å². The van der Waals surface area contributed by atoms with Crippen LogP contribution in [0.1, 0.15) is 15.2 Å². The molecule has 1 heterocycles. The molecule has 21 heavy (non-hydrogen) atoms. The van der Waals surface area contributed by atoms with Gasteiger partial charge in [-0.2, -0.15) is 0 Å². The van der Waals surface area contributed by atoms with Gasteiger partial charge in [0.1, 0.15) is 17.1 Å². The summed E-state index contributed by atoms with van der Waals surface area (Å²) in [7, 11) is 0. The molecule has 0 aliphatic heterocycles. The number of benzene rings is 1. The van der Waals surface area contributed by atoms with Crippen LogP contribution in [0.15, 0.2) is 35.7 Å². The van der Waals surface area contributed by atoms with Crippen molar-refractivity contribution >= 4 is 23.2 Å². The molecular weight excluding hydrogens is 294 g/mol. The summed E-state index contributed by atoms with van der Waals surface area (Å²) in [6, 6.07) is 7.24. The average Bonchev–Trinajstić information content (AvgIpc) is 2.95. The molecule has 0 aliphatic carbocycles. The zero-order chi connectivity index (χ0) is 15.2. The predicted molar refractivity (Wildman–Crippen MR) is 76.2 cm³/mol. The number of nitrogens with one attached hydrogen (secondary N) is 1. The van der Waals surface area contributed by atoms with Crippen LogP contribution in [0.4, 0.5) is 0 Å². The highest BCUT2D eigenvalue weighted by Gasteiger charge is 2.14. The molecule has 1 aromatic heterocycles. The van der Waals surface area contributed by atoms with Gasteiger partial charge in [-0.25, -0.2) is 4.79 Å². The molecule has 110 valence electrons. The van der Waals surface area contributed by atoms with E-state index in [0.717, 1.165) is 10.9 Å². The Kier molecular flexibility index (Phi) is 4.78. The van der Waals surface area contributed by atoms with E-state index in [1.807, 2.05) is 17.5 Å². The molecule has 2 rings (SSSR count). The number of ether oxygens (including phenoxy) is 1. The molecule has 6 nitrogen and oxygen atoms in total. The highest BCUT2D eigenvalue weighted by atomic mass is 32.1. The van der Waals surface area contributed by atoms with Crippen LogP contribution in [0.2, 0.25) is 0 Å². The second-order valence-corrected chi connectivity index (χ2v) is 5.17. The van der Waals surface area contributed by atoms with E-state index in [0.29, 0.717) is 6.54 Å². The number of carbonyl (C=O) groups is 2. The lowest BCUT2D eigenvalue weighted by Crippen LogP contribution is -2.28. The van der Waals surface area contributed by atoms with Crippen molar-refractivity contribution in [3.8, 4) is 11.5 Å². The van der Waals surface area contributed by atoms with Gasteiger partial charge >= 0.3 is 5.97 Å². The van der Waals surface area contributed by atoms with Gasteiger partial charge in [-0.15, -0.1) is 11.3 Å². The smallest absolute Gasteiger partial charge is 0.342 e. The van der Waals surface area contributed by atoms with E-state index in [4.69, 9.17) is 9.84 Å². The SMILES string of the molecule is O=C(COC(=O)c1ccc(O)cc1O)NCc1cccs1. The predicted octanol–water partition coefficient (Wildman–Crippen LogP) is 1.63. The molecule has 7 heteroatoms. The Hall–Kier alpha value is -2.54. The summed E-state index contributed by atoms with van der Waals surface area (Å²) >= 11 is 1.51. The second-order valence-electron chi connectivity index (χ2n) is 4.13. The van der Waals surface area contributed by atoms with E-state index in [1.165, 1.54) is 23.5 Å². The lowest BCUT2D eigenvalue weighted by atomic mass is 10.2. The van der Waals surface area contributed by atoms with Crippen LogP contribution in [-0.4, -0.2) is 28.7 Å². The van der Waals surface area contributed by atoms with Crippen LogP contribution in [0.25, 0.3) is 0 Å². The molecule has 3 N–H and O–H groups in total. The van der Waals surface area contributed by atoms with Crippen LogP contribution >= 0.6 is 11.3 Å². The minimum Gasteiger partial charge on any atom is -0.508 e. The topological polar surface area (TPSA) is 95.9 Å². The number of phenolic OH excluding ortho intramolecular Hbond substituents is 2. The van der Waals surface area contributed by atoms with Crippen molar-refractivity contribution in [3.05, 3.63) is 46.2 Å². The fourth-order valence-corrected chi connectivity index (χ4v) is 2.20. The van der Waals surface area contributed by atoms with E-state index < -0.39 is 24.2 Å². The number of hydrogen-bond donors (Lipinski definition) is 3. The third-order valence-corrected chi connectivity index (χ3v) is 3.45. The average molecular weight is 307 g/mol. The largest absolute Gasteiger partial charge is 0.508 e. The number of aromatic hydroxyl groups is 2. The standard InChI is InChI=1S/C14H13NO5S/c16-9-3-4-11(12(17)6-9)14(19)20-8-13(18)15-7-10-2-1-5-21-10/h1-6,16-17H,7-8H2,(H,15,18). The maximum Gasteiger partial charge on any atom is 0.342 e. The molecule has 0 aliphatic rings. The van der Waals surface area contributed by atoms with Crippen LogP contribution in [0.5, 0.6) is 11.5 Å². The summed E-state index contributed by atoms with van der Waals surface area (Å²) in [4.78, 5) is 24.2. The van der Waals surface area contributed by atoms with Gasteiger partial charge in [-0.05, 0) is 23.6 Å². The number of esters is 1. The summed E-state index contributed by atoms with van der Waals surface area (Å²) in [6.07, 6.45) is 0. The maximum absolute atomic E-state index is 11.7. The molecule has 1 aromatic carbocycles. The zero-order valence-electron chi connectivity index (χ0n) is 10.9. The molecule has 0 saturated carbocycles. The molecule has 1 amide bonds. The molecule has 0 radical (unpaired) electrons. The number of amides is 1. The lowest BCUT2D eigenvalue weighted by molar-refractivity contribution is -0.124. The van der Waals surface area contributed by atoms with Crippen LogP contribution in [0.3, 0.4) is 0 Å². The van der Waals surface area contributed by atoms with Gasteiger partial charge in [-0.1, -0.05) is 6.07 Å². The van der Waals surface area contributed by atoms with Crippen molar-refractivity contribution in [2.45, 2.75) is 6.54 Å². The Morgan fingerprint density at radius 3 is 2.71 bits per heavy atom. The Morgan fingerprint density at radius 2 is 2.05 bits per heavy atom. The van der Waals surface area contributed by atoms with Gasteiger partial charge < -0.3 is 20.3 Å². The normalized spacial score (nSPS) is 10.1. The fraction of sp³-hybridized carbons (Fsp3) is 0.143. The molecule has 0 atom stereocenters. The Labute approximate surface area is 124 Å². The third-order valence-electron chi connectivity index (χ3n) is 2.58. The van der Waals surface area contributed by atoms with Crippen molar-refractivity contribution in [2.75, 3.05) is 6.61 Å². The van der Waals surface area contributed by atoms with Crippen molar-refractivity contribution < 1.29 is 24.5 Å². The number of rotatable bonds is 5. The summed E-state index contributed by atoms with van der Waals surface area (Å²) in [5, 5.41) is 23.1. The lowest BCUT2D eigenvalue weighted by Gasteiger charge is -2.07. The summed E-state index contributed by atoms with van der Waals surface area (Å²) in [6.45, 7) is -0.0664. The minimum atomic E-state index is -0.834. The minimum absolute atomic E-state index is 0.112. The second kappa shape index (κ2) is 6.76. The molecule has 0 saturated heterocycles. The van der Waals surface area contributed by atoms with Crippen LogP contribution < -0.4 is 5.32 Å². The van der Waals surface area contributed by atoms with Gasteiger partial charge in [0.15, 0.2) is 6.61 Å². The Bertz CT molecular complexity index is 639. The van der Waals surface area contributed by atoms with E-state index in [2.05, 4.69) is 5.32 Å². The highest BCUT2D eigenvalue weighted by Crippen LogP contribution is 2.23. The first kappa shape index (κ1) is 14.9. The van der Waals surface area contributed by atoms with E-state index in [1.54, 1.807) is 0 Å². The Morgan fingerprint density at radius 1 is 1.24 bits per heavy atom. The summed E-state index contributed by atoms with van der Waals surface area (Å²) in [5.41, 5.74) is -0.112. The van der Waals surface area contributed by atoms with Crippen molar-refractivity contribution in [1.29, 1.82) is 0 Å². The quantitative estimate of drug-likeness (QED) is 0.730. The van der Waals surface area contributed by atoms with E-state index in [9.17, 15) is 14.7 Å². The molecule has 0 fully saturated rings. The Balaban J connectivity index is 1.81. The van der Waals surface area contributed by atoms with E-state index in [-0.39, 0.29) is 11.3 Å². The third kappa shape index (κ3) is 4.22. The van der Waals surface area contributed by atoms with Gasteiger partial charge in [0.25, 0.3) is 5.91 Å². The molecule has 0 unspecified atom stereocenters. The monoisotopic (exact) mass is 307 g/mol. The van der Waals surface area contributed by atoms with Crippen molar-refractivity contribution in [3.63, 3.8) is 0 Å². The number of carbonyl (C=O) groups excluding carboxylic acids is 2. The van der Waals surface area contributed by atoms with Crippen molar-refractivity contribution in [2.24, 2.45) is 0 Å². The summed E-state index contributed by atoms with van der Waals surface area (Å²) < 4.78 is 4.79. The van der Waals surface area contributed by atoms with Crippen molar-refractivity contribution in [1.82, 2.24) is 5.32 Å². The molecule has 0 bridgehead atoms. The van der Waals surface area contributed by atoms with Gasteiger partial charge in [-0.3, -0.25) is 4.79 Å². The first-order valence-corrected chi connectivity index (χ1v) is 6.92. The summed E-state index contributed by atoms with van der Waals surface area (Å²) in [5.74, 6) is -1.84. The first-order chi connectivity index (χ1) is 10.1. The first-order valence-electron chi connectivity index (χ1n) is 6.04.